The molecule has 0 aromatic carbocycles. The molecule has 1 aromatic heterocycles. The average Bonchev–Trinajstić information content (AvgIpc) is 2.37. The Hall–Kier alpha value is -1.09. The lowest BCUT2D eigenvalue weighted by Gasteiger charge is -2.21. The molecule has 0 amide bonds. The quantitative estimate of drug-likeness (QED) is 0.871. The van der Waals surface area contributed by atoms with E-state index in [0.29, 0.717) is 12.5 Å². The van der Waals surface area contributed by atoms with Gasteiger partial charge in [0.15, 0.2) is 0 Å². The molecule has 3 heteroatoms. The Labute approximate surface area is 103 Å². The first-order valence-electron chi connectivity index (χ1n) is 6.58. The molecule has 3 nitrogen and oxygen atoms in total. The number of aromatic nitrogens is 1. The van der Waals surface area contributed by atoms with E-state index in [1.807, 2.05) is 19.1 Å². The lowest BCUT2D eigenvalue weighted by molar-refractivity contribution is 0.202. The number of nitrogens with two attached hydrogens (primary N) is 1. The van der Waals surface area contributed by atoms with Gasteiger partial charge < -0.3 is 10.5 Å². The van der Waals surface area contributed by atoms with E-state index in [0.717, 1.165) is 23.7 Å². The molecule has 2 rings (SSSR count). The molecule has 0 spiro atoms. The van der Waals surface area contributed by atoms with Crippen LogP contribution in [0, 0.1) is 12.8 Å². The fourth-order valence-corrected chi connectivity index (χ4v) is 2.46. The number of pyridine rings is 1. The van der Waals surface area contributed by atoms with E-state index in [9.17, 15) is 0 Å². The SMILES string of the molecule is Cc1cc(CN)cc(OCC2CCCCC2)n1. The highest BCUT2D eigenvalue weighted by Gasteiger charge is 2.14. The van der Waals surface area contributed by atoms with Crippen molar-refractivity contribution in [1.82, 2.24) is 4.98 Å². The van der Waals surface area contributed by atoms with E-state index in [1.54, 1.807) is 0 Å². The number of ether oxygens (including phenoxy) is 1. The summed E-state index contributed by atoms with van der Waals surface area (Å²) in [4.78, 5) is 4.39. The van der Waals surface area contributed by atoms with Crippen molar-refractivity contribution in [3.8, 4) is 5.88 Å². The first kappa shape index (κ1) is 12.4. The highest BCUT2D eigenvalue weighted by molar-refractivity contribution is 5.24. The molecule has 0 unspecified atom stereocenters. The number of nitrogens with zero attached hydrogens (tertiary/aromatic N) is 1. The molecule has 0 saturated heterocycles. The van der Waals surface area contributed by atoms with Gasteiger partial charge >= 0.3 is 0 Å². The number of hydrogen-bond donors (Lipinski definition) is 1. The van der Waals surface area contributed by atoms with Crippen LogP contribution in [0.1, 0.15) is 43.4 Å². The number of hydrogen-bond acceptors (Lipinski definition) is 3. The van der Waals surface area contributed by atoms with Gasteiger partial charge in [-0.1, -0.05) is 19.3 Å². The Morgan fingerprint density at radius 3 is 2.76 bits per heavy atom. The van der Waals surface area contributed by atoms with Gasteiger partial charge in [0.1, 0.15) is 0 Å². The lowest BCUT2D eigenvalue weighted by Crippen LogP contribution is -2.16. The number of rotatable bonds is 4. The Balaban J connectivity index is 1.91. The summed E-state index contributed by atoms with van der Waals surface area (Å²) < 4.78 is 5.80. The van der Waals surface area contributed by atoms with Crippen LogP contribution in [0.2, 0.25) is 0 Å². The maximum absolute atomic E-state index is 5.80. The van der Waals surface area contributed by atoms with Gasteiger partial charge in [-0.15, -0.1) is 0 Å². The van der Waals surface area contributed by atoms with Gasteiger partial charge in [-0.2, -0.15) is 0 Å². The predicted octanol–water partition coefficient (Wildman–Crippen LogP) is 2.81. The third-order valence-corrected chi connectivity index (χ3v) is 3.42. The van der Waals surface area contributed by atoms with Gasteiger partial charge in [0.25, 0.3) is 0 Å². The van der Waals surface area contributed by atoms with Crippen molar-refractivity contribution in [1.29, 1.82) is 0 Å². The highest BCUT2D eigenvalue weighted by Crippen LogP contribution is 2.24. The second-order valence-corrected chi connectivity index (χ2v) is 4.97. The molecular weight excluding hydrogens is 212 g/mol. The molecule has 2 N–H and O–H groups in total. The lowest BCUT2D eigenvalue weighted by atomic mass is 9.90. The van der Waals surface area contributed by atoms with Crippen LogP contribution in [-0.4, -0.2) is 11.6 Å². The molecule has 1 saturated carbocycles. The summed E-state index contributed by atoms with van der Waals surface area (Å²) in [6.45, 7) is 3.33. The molecule has 0 atom stereocenters. The van der Waals surface area contributed by atoms with Crippen molar-refractivity contribution in [2.24, 2.45) is 11.7 Å². The van der Waals surface area contributed by atoms with Crippen molar-refractivity contribution < 1.29 is 4.74 Å². The van der Waals surface area contributed by atoms with E-state index >= 15 is 0 Å². The summed E-state index contributed by atoms with van der Waals surface area (Å²) in [7, 11) is 0. The molecule has 1 fully saturated rings. The number of aryl methyl sites for hydroxylation is 1. The monoisotopic (exact) mass is 234 g/mol. The Bertz CT molecular complexity index is 359. The zero-order valence-electron chi connectivity index (χ0n) is 10.6. The normalized spacial score (nSPS) is 17.1. The summed E-state index contributed by atoms with van der Waals surface area (Å²) in [5.74, 6) is 1.45. The Morgan fingerprint density at radius 2 is 2.06 bits per heavy atom. The smallest absolute Gasteiger partial charge is 0.213 e. The van der Waals surface area contributed by atoms with E-state index in [2.05, 4.69) is 4.98 Å². The fraction of sp³-hybridized carbons (Fsp3) is 0.643. The van der Waals surface area contributed by atoms with Gasteiger partial charge in [-0.25, -0.2) is 4.98 Å². The molecule has 0 bridgehead atoms. The maximum Gasteiger partial charge on any atom is 0.213 e. The summed E-state index contributed by atoms with van der Waals surface area (Å²) >= 11 is 0. The fourth-order valence-electron chi connectivity index (χ4n) is 2.46. The van der Waals surface area contributed by atoms with Crippen LogP contribution >= 0.6 is 0 Å². The van der Waals surface area contributed by atoms with Crippen LogP contribution < -0.4 is 10.5 Å². The van der Waals surface area contributed by atoms with Crippen molar-refractivity contribution >= 4 is 0 Å². The van der Waals surface area contributed by atoms with Crippen LogP contribution in [0.5, 0.6) is 5.88 Å². The van der Waals surface area contributed by atoms with Crippen LogP contribution in [0.15, 0.2) is 12.1 Å². The zero-order valence-corrected chi connectivity index (χ0v) is 10.6. The van der Waals surface area contributed by atoms with Crippen molar-refractivity contribution in [2.45, 2.75) is 45.6 Å². The van der Waals surface area contributed by atoms with E-state index in [1.165, 1.54) is 32.1 Å². The van der Waals surface area contributed by atoms with E-state index in [4.69, 9.17) is 10.5 Å². The van der Waals surface area contributed by atoms with Gasteiger partial charge in [-0.3, -0.25) is 0 Å². The molecule has 1 aliphatic carbocycles. The molecule has 17 heavy (non-hydrogen) atoms. The molecule has 0 aliphatic heterocycles. The second-order valence-electron chi connectivity index (χ2n) is 4.97. The molecular formula is C14H22N2O. The molecule has 0 radical (unpaired) electrons. The van der Waals surface area contributed by atoms with Crippen LogP contribution in [0.25, 0.3) is 0 Å². The highest BCUT2D eigenvalue weighted by atomic mass is 16.5. The predicted molar refractivity (Wildman–Crippen MR) is 68.9 cm³/mol. The molecule has 1 heterocycles. The maximum atomic E-state index is 5.80. The third-order valence-electron chi connectivity index (χ3n) is 3.42. The Kier molecular flexibility index (Phi) is 4.37. The molecule has 1 aromatic rings. The molecule has 94 valence electrons. The van der Waals surface area contributed by atoms with Crippen LogP contribution in [0.4, 0.5) is 0 Å². The van der Waals surface area contributed by atoms with Crippen molar-refractivity contribution in [3.05, 3.63) is 23.4 Å². The third kappa shape index (κ3) is 3.70. The van der Waals surface area contributed by atoms with E-state index < -0.39 is 0 Å². The topological polar surface area (TPSA) is 48.1 Å². The van der Waals surface area contributed by atoms with Gasteiger partial charge in [0.05, 0.1) is 6.61 Å². The Morgan fingerprint density at radius 1 is 1.29 bits per heavy atom. The largest absolute Gasteiger partial charge is 0.477 e. The standard InChI is InChI=1S/C14H22N2O/c1-11-7-13(9-15)8-14(16-11)17-10-12-5-3-2-4-6-12/h7-8,12H,2-6,9-10,15H2,1H3. The van der Waals surface area contributed by atoms with Gasteiger partial charge in [0.2, 0.25) is 5.88 Å². The molecule has 1 aliphatic rings. The average molecular weight is 234 g/mol. The van der Waals surface area contributed by atoms with Gasteiger partial charge in [0, 0.05) is 18.3 Å². The first-order chi connectivity index (χ1) is 8.28. The van der Waals surface area contributed by atoms with Crippen LogP contribution in [-0.2, 0) is 6.54 Å². The zero-order chi connectivity index (χ0) is 12.1. The van der Waals surface area contributed by atoms with Crippen molar-refractivity contribution in [3.63, 3.8) is 0 Å². The first-order valence-corrected chi connectivity index (χ1v) is 6.58. The minimum atomic E-state index is 0.545. The second kappa shape index (κ2) is 6.01. The van der Waals surface area contributed by atoms with E-state index in [-0.39, 0.29) is 0 Å². The van der Waals surface area contributed by atoms with Gasteiger partial charge in [-0.05, 0) is 37.3 Å². The minimum Gasteiger partial charge on any atom is -0.477 e. The summed E-state index contributed by atoms with van der Waals surface area (Å²) in [6.07, 6.45) is 6.69. The summed E-state index contributed by atoms with van der Waals surface area (Å²) in [5, 5.41) is 0. The van der Waals surface area contributed by atoms with Crippen molar-refractivity contribution in [2.75, 3.05) is 6.61 Å². The summed E-state index contributed by atoms with van der Waals surface area (Å²) in [5.41, 5.74) is 7.72. The van der Waals surface area contributed by atoms with Crippen LogP contribution in [0.3, 0.4) is 0 Å². The minimum absolute atomic E-state index is 0.545. The summed E-state index contributed by atoms with van der Waals surface area (Å²) in [6, 6.07) is 3.96.